The van der Waals surface area contributed by atoms with E-state index in [1.54, 1.807) is 10.0 Å². The minimum atomic E-state index is -5.36. The molecule has 2 saturated carbocycles. The molecule has 2 fully saturated rings. The molecular formula is C27H27F7N4O5S. The van der Waals surface area contributed by atoms with Crippen molar-refractivity contribution in [2.45, 2.75) is 80.5 Å². The van der Waals surface area contributed by atoms with Gasteiger partial charge in [-0.2, -0.15) is 31.4 Å². The molecule has 240 valence electrons. The maximum atomic E-state index is 15.4. The number of nitrogens with zero attached hydrogens (tertiary/aromatic N) is 2. The molecule has 1 unspecified atom stereocenters. The molecule has 1 aliphatic heterocycles. The summed E-state index contributed by atoms with van der Waals surface area (Å²) in [6.45, 7) is -0.488. The molecule has 1 aromatic heterocycles. The number of alkyl halides is 6. The van der Waals surface area contributed by atoms with E-state index in [2.05, 4.69) is 5.10 Å². The second kappa shape index (κ2) is 11.4. The predicted octanol–water partition coefficient (Wildman–Crippen LogP) is 4.81. The maximum absolute atomic E-state index is 15.4. The summed E-state index contributed by atoms with van der Waals surface area (Å²) in [5.41, 5.74) is -6.13. The van der Waals surface area contributed by atoms with Gasteiger partial charge in [0, 0.05) is 36.2 Å². The number of hydrogen-bond acceptors (Lipinski definition) is 6. The molecule has 2 heterocycles. The normalized spacial score (nSPS) is 21.6. The number of ether oxygens (including phenoxy) is 1. The first-order chi connectivity index (χ1) is 20.5. The van der Waals surface area contributed by atoms with Crippen molar-refractivity contribution in [2.24, 2.45) is 0 Å². The van der Waals surface area contributed by atoms with Crippen molar-refractivity contribution in [3.63, 3.8) is 0 Å². The third-order valence-electron chi connectivity index (χ3n) is 7.85. The van der Waals surface area contributed by atoms with Gasteiger partial charge in [-0.1, -0.05) is 0 Å². The summed E-state index contributed by atoms with van der Waals surface area (Å²) in [6.07, 6.45) is -8.29. The Morgan fingerprint density at radius 1 is 1.11 bits per heavy atom. The fourth-order valence-corrected chi connectivity index (χ4v) is 6.41. The third-order valence-corrected chi connectivity index (χ3v) is 9.67. The minimum Gasteiger partial charge on any atom is -0.493 e. The number of rotatable bonds is 10. The first kappa shape index (κ1) is 31.8. The topological polar surface area (TPSA) is 119 Å². The minimum absolute atomic E-state index is 0.0530. The number of carbonyl (C=O) groups excluding carboxylic acids is 2. The fraction of sp³-hybridized carbons (Fsp3) is 0.519. The SMILES string of the molecule is O=C1NC(c2ccc(OCCCC(F)(F)F)cc2F)(C(F)(F)F)CC(c2ccn(C3CCC3)n2)=C1C(=O)NS(=O)(=O)C1CC1. The highest BCUT2D eigenvalue weighted by atomic mass is 32.2. The third kappa shape index (κ3) is 6.42. The van der Waals surface area contributed by atoms with Gasteiger partial charge in [0.25, 0.3) is 11.8 Å². The Bertz CT molecular complexity index is 1590. The maximum Gasteiger partial charge on any atom is 0.416 e. The van der Waals surface area contributed by atoms with Crippen LogP contribution in [0.5, 0.6) is 5.75 Å². The summed E-state index contributed by atoms with van der Waals surface area (Å²) >= 11 is 0. The van der Waals surface area contributed by atoms with E-state index in [1.165, 1.54) is 16.9 Å². The average molecular weight is 653 g/mol. The molecule has 0 spiro atoms. The Hall–Kier alpha value is -3.63. The van der Waals surface area contributed by atoms with Crippen molar-refractivity contribution in [1.82, 2.24) is 19.8 Å². The zero-order valence-electron chi connectivity index (χ0n) is 22.9. The quantitative estimate of drug-likeness (QED) is 0.216. The van der Waals surface area contributed by atoms with Crippen LogP contribution in [0.25, 0.3) is 5.57 Å². The molecule has 17 heteroatoms. The standard InChI is InChI=1S/C27H27F7N4O5S/c28-20-13-16(43-12-2-10-26(29,30)31)5-8-19(20)25(27(32,33)34)14-18(21-9-11-38(36-21)15-3-1-4-15)22(23(39)35-25)24(40)37-44(41,42)17-6-7-17/h5,8-9,11,13,15,17H,1-4,6-7,10,12,14H2,(H,35,39)(H,37,40). The zero-order valence-corrected chi connectivity index (χ0v) is 23.7. The van der Waals surface area contributed by atoms with Crippen LogP contribution in [0.3, 0.4) is 0 Å². The molecule has 0 saturated heterocycles. The van der Waals surface area contributed by atoms with Crippen LogP contribution in [-0.4, -0.2) is 54.2 Å². The van der Waals surface area contributed by atoms with E-state index >= 15 is 4.39 Å². The second-order valence-corrected chi connectivity index (χ2v) is 13.0. The highest BCUT2D eigenvalue weighted by Crippen LogP contribution is 2.49. The van der Waals surface area contributed by atoms with Crippen LogP contribution in [0.4, 0.5) is 30.7 Å². The lowest BCUT2D eigenvalue weighted by Crippen LogP contribution is -2.60. The number of amides is 2. The van der Waals surface area contributed by atoms with Crippen LogP contribution in [0.2, 0.25) is 0 Å². The molecule has 5 rings (SSSR count). The van der Waals surface area contributed by atoms with Gasteiger partial charge >= 0.3 is 12.4 Å². The van der Waals surface area contributed by atoms with E-state index in [0.717, 1.165) is 25.3 Å². The smallest absolute Gasteiger partial charge is 0.416 e. The lowest BCUT2D eigenvalue weighted by Gasteiger charge is -2.41. The fourth-order valence-electron chi connectivity index (χ4n) is 5.13. The molecule has 3 aliphatic rings. The van der Waals surface area contributed by atoms with Gasteiger partial charge < -0.3 is 10.1 Å². The lowest BCUT2D eigenvalue weighted by atomic mass is 9.77. The molecule has 0 bridgehead atoms. The van der Waals surface area contributed by atoms with Crippen molar-refractivity contribution >= 4 is 27.4 Å². The number of sulfonamides is 1. The summed E-state index contributed by atoms with van der Waals surface area (Å²) in [6, 6.07) is 3.41. The van der Waals surface area contributed by atoms with E-state index in [9.17, 15) is 44.3 Å². The first-order valence-corrected chi connectivity index (χ1v) is 15.3. The average Bonchev–Trinajstić information content (AvgIpc) is 3.64. The number of hydrogen-bond donors (Lipinski definition) is 2. The largest absolute Gasteiger partial charge is 0.493 e. The van der Waals surface area contributed by atoms with Gasteiger partial charge in [0.2, 0.25) is 10.0 Å². The van der Waals surface area contributed by atoms with Gasteiger partial charge in [-0.25, -0.2) is 17.5 Å². The van der Waals surface area contributed by atoms with Crippen LogP contribution in [-0.2, 0) is 25.2 Å². The Kier molecular flexibility index (Phi) is 8.22. The molecule has 2 aliphatic carbocycles. The van der Waals surface area contributed by atoms with Crippen molar-refractivity contribution in [2.75, 3.05) is 6.61 Å². The predicted molar refractivity (Wildman–Crippen MR) is 140 cm³/mol. The molecule has 0 radical (unpaired) electrons. The van der Waals surface area contributed by atoms with Gasteiger partial charge in [0.05, 0.1) is 23.6 Å². The van der Waals surface area contributed by atoms with Crippen molar-refractivity contribution in [3.8, 4) is 5.75 Å². The van der Waals surface area contributed by atoms with Gasteiger partial charge in [0.1, 0.15) is 17.1 Å². The number of nitrogens with one attached hydrogen (secondary N) is 2. The molecule has 2 N–H and O–H groups in total. The van der Waals surface area contributed by atoms with Gasteiger partial charge in [0.15, 0.2) is 5.54 Å². The van der Waals surface area contributed by atoms with Crippen LogP contribution < -0.4 is 14.8 Å². The summed E-state index contributed by atoms with van der Waals surface area (Å²) in [7, 11) is -4.20. The first-order valence-electron chi connectivity index (χ1n) is 13.7. The van der Waals surface area contributed by atoms with E-state index in [0.29, 0.717) is 12.1 Å². The Balaban J connectivity index is 1.53. The highest BCUT2D eigenvalue weighted by Gasteiger charge is 2.61. The van der Waals surface area contributed by atoms with E-state index in [1.807, 2.05) is 0 Å². The van der Waals surface area contributed by atoms with Crippen molar-refractivity contribution in [3.05, 3.63) is 53.1 Å². The second-order valence-electron chi connectivity index (χ2n) is 11.0. The molecule has 9 nitrogen and oxygen atoms in total. The highest BCUT2D eigenvalue weighted by molar-refractivity contribution is 7.91. The Morgan fingerprint density at radius 2 is 1.82 bits per heavy atom. The summed E-state index contributed by atoms with van der Waals surface area (Å²) in [5.74, 6) is -4.87. The number of benzene rings is 1. The molecule has 1 atom stereocenters. The summed E-state index contributed by atoms with van der Waals surface area (Å²) in [5, 5.41) is 5.13. The van der Waals surface area contributed by atoms with Crippen molar-refractivity contribution < 1.29 is 53.5 Å². The van der Waals surface area contributed by atoms with Crippen LogP contribution in [0.1, 0.15) is 68.7 Å². The van der Waals surface area contributed by atoms with Gasteiger partial charge in [-0.15, -0.1) is 0 Å². The number of halogens is 7. The van der Waals surface area contributed by atoms with Gasteiger partial charge in [-0.05, 0) is 56.7 Å². The van der Waals surface area contributed by atoms with E-state index < -0.39 is 93.4 Å². The number of aromatic nitrogens is 2. The van der Waals surface area contributed by atoms with Crippen LogP contribution >= 0.6 is 0 Å². The number of carbonyl (C=O) groups is 2. The Labute approximate surface area is 246 Å². The summed E-state index contributed by atoms with van der Waals surface area (Å²) < 4.78 is 131. The lowest BCUT2D eigenvalue weighted by molar-refractivity contribution is -0.202. The molecular weight excluding hydrogens is 625 g/mol. The van der Waals surface area contributed by atoms with Crippen LogP contribution in [0.15, 0.2) is 36.0 Å². The van der Waals surface area contributed by atoms with E-state index in [-0.39, 0.29) is 30.3 Å². The van der Waals surface area contributed by atoms with Crippen LogP contribution in [0, 0.1) is 5.82 Å². The van der Waals surface area contributed by atoms with Gasteiger partial charge in [-0.3, -0.25) is 14.3 Å². The monoisotopic (exact) mass is 652 g/mol. The van der Waals surface area contributed by atoms with Crippen molar-refractivity contribution in [1.29, 1.82) is 0 Å². The molecule has 2 amide bonds. The van der Waals surface area contributed by atoms with E-state index in [4.69, 9.17) is 4.74 Å². The Morgan fingerprint density at radius 3 is 2.39 bits per heavy atom. The molecule has 2 aromatic rings. The molecule has 1 aromatic carbocycles. The zero-order chi connectivity index (χ0) is 32.1. The molecule has 44 heavy (non-hydrogen) atoms. The summed E-state index contributed by atoms with van der Waals surface area (Å²) in [4.78, 5) is 26.5.